The average molecular weight is 339 g/mol. The Balaban J connectivity index is 1.98. The van der Waals surface area contributed by atoms with E-state index >= 15 is 0 Å². The molecule has 2 rings (SSSR count). The predicted octanol–water partition coefficient (Wildman–Crippen LogP) is 2.89. The lowest BCUT2D eigenvalue weighted by Gasteiger charge is -2.08. The zero-order chi connectivity index (χ0) is 13.8. The molecule has 0 unspecified atom stereocenters. The molecule has 0 atom stereocenters. The zero-order valence-corrected chi connectivity index (χ0v) is 12.5. The Morgan fingerprint density at radius 3 is 2.37 bits per heavy atom. The first-order valence-corrected chi connectivity index (χ1v) is 7.10. The van der Waals surface area contributed by atoms with Crippen LogP contribution in [0, 0.1) is 6.92 Å². The lowest BCUT2D eigenvalue weighted by molar-refractivity contribution is 0.0848. The molecule has 4 nitrogen and oxygen atoms in total. The van der Waals surface area contributed by atoms with Crippen LogP contribution in [0.2, 0.25) is 0 Å². The Labute approximate surface area is 122 Å². The van der Waals surface area contributed by atoms with Gasteiger partial charge in [0, 0.05) is 5.56 Å². The molecule has 1 aromatic heterocycles. The highest BCUT2D eigenvalue weighted by molar-refractivity contribution is 9.11. The predicted molar refractivity (Wildman–Crippen MR) is 78.1 cm³/mol. The van der Waals surface area contributed by atoms with Crippen molar-refractivity contribution in [2.75, 3.05) is 0 Å². The third-order valence-electron chi connectivity index (χ3n) is 2.48. The minimum atomic E-state index is -0.336. The van der Waals surface area contributed by atoms with Crippen LogP contribution in [0.15, 0.2) is 40.2 Å². The molecule has 6 heteroatoms. The van der Waals surface area contributed by atoms with Gasteiger partial charge in [-0.2, -0.15) is 0 Å². The normalized spacial score (nSPS) is 10.0. The number of halogens is 1. The van der Waals surface area contributed by atoms with Crippen LogP contribution in [0.4, 0.5) is 0 Å². The number of benzene rings is 1. The molecule has 1 aromatic carbocycles. The highest BCUT2D eigenvalue weighted by Crippen LogP contribution is 2.21. The summed E-state index contributed by atoms with van der Waals surface area (Å²) in [6.07, 6.45) is 0. The minimum absolute atomic E-state index is 0.331. The number of hydrogen-bond donors (Lipinski definition) is 2. The van der Waals surface area contributed by atoms with Crippen LogP contribution in [0.5, 0.6) is 0 Å². The van der Waals surface area contributed by atoms with Gasteiger partial charge in [-0.3, -0.25) is 20.4 Å². The third kappa shape index (κ3) is 3.42. The molecule has 0 aliphatic heterocycles. The van der Waals surface area contributed by atoms with Gasteiger partial charge in [0.2, 0.25) is 0 Å². The molecule has 2 aromatic rings. The number of hydrazine groups is 1. The summed E-state index contributed by atoms with van der Waals surface area (Å²) in [5, 5.41) is 0. The summed E-state index contributed by atoms with van der Waals surface area (Å²) in [7, 11) is 0. The molecule has 0 bridgehead atoms. The number of carbonyl (C=O) groups excluding carboxylic acids is 2. The average Bonchev–Trinajstić information content (AvgIpc) is 2.83. The molecule has 0 saturated heterocycles. The minimum Gasteiger partial charge on any atom is -0.267 e. The first-order chi connectivity index (χ1) is 9.08. The van der Waals surface area contributed by atoms with Crippen LogP contribution in [-0.4, -0.2) is 11.8 Å². The summed E-state index contributed by atoms with van der Waals surface area (Å²) < 4.78 is 0.864. The number of aryl methyl sites for hydroxylation is 1. The highest BCUT2D eigenvalue weighted by atomic mass is 79.9. The summed E-state index contributed by atoms with van der Waals surface area (Å²) in [4.78, 5) is 24.1. The third-order valence-corrected chi connectivity index (χ3v) is 4.10. The smallest absolute Gasteiger partial charge is 0.267 e. The standard InChI is InChI=1S/C13H11BrN2O2S/c1-8-4-2-3-5-9(8)12(17)15-16-13(18)10-6-7-11(14)19-10/h2-7H,1H3,(H,15,17)(H,16,18). The Kier molecular flexibility index (Phi) is 4.34. The van der Waals surface area contributed by atoms with E-state index in [1.54, 1.807) is 24.3 Å². The van der Waals surface area contributed by atoms with Gasteiger partial charge in [0.05, 0.1) is 8.66 Å². The Morgan fingerprint density at radius 1 is 1.05 bits per heavy atom. The second-order valence-corrected chi connectivity index (χ2v) is 6.29. The van der Waals surface area contributed by atoms with Crippen molar-refractivity contribution < 1.29 is 9.59 Å². The summed E-state index contributed by atoms with van der Waals surface area (Å²) in [5.74, 6) is -0.667. The molecule has 0 aliphatic carbocycles. The first kappa shape index (κ1) is 13.8. The van der Waals surface area contributed by atoms with Crippen molar-refractivity contribution >= 4 is 39.1 Å². The lowest BCUT2D eigenvalue weighted by Crippen LogP contribution is -2.41. The summed E-state index contributed by atoms with van der Waals surface area (Å²) in [6, 6.07) is 10.6. The lowest BCUT2D eigenvalue weighted by atomic mass is 10.1. The van der Waals surface area contributed by atoms with Crippen molar-refractivity contribution in [3.8, 4) is 0 Å². The molecular formula is C13H11BrN2O2S. The number of rotatable bonds is 2. The second-order valence-electron chi connectivity index (χ2n) is 3.83. The number of thiophene rings is 1. The Bertz CT molecular complexity index is 625. The van der Waals surface area contributed by atoms with Crippen LogP contribution in [0.3, 0.4) is 0 Å². The van der Waals surface area contributed by atoms with Crippen molar-refractivity contribution in [3.63, 3.8) is 0 Å². The largest absolute Gasteiger partial charge is 0.279 e. The van der Waals surface area contributed by atoms with Crippen LogP contribution >= 0.6 is 27.3 Å². The van der Waals surface area contributed by atoms with Gasteiger partial charge >= 0.3 is 0 Å². The van der Waals surface area contributed by atoms with Gasteiger partial charge in [-0.05, 0) is 46.6 Å². The van der Waals surface area contributed by atoms with Gasteiger partial charge in [-0.15, -0.1) is 11.3 Å². The quantitative estimate of drug-likeness (QED) is 0.827. The molecule has 19 heavy (non-hydrogen) atoms. The maximum Gasteiger partial charge on any atom is 0.279 e. The Morgan fingerprint density at radius 2 is 1.74 bits per heavy atom. The number of nitrogens with one attached hydrogen (secondary N) is 2. The van der Waals surface area contributed by atoms with Crippen LogP contribution < -0.4 is 10.9 Å². The van der Waals surface area contributed by atoms with Crippen molar-refractivity contribution in [2.45, 2.75) is 6.92 Å². The van der Waals surface area contributed by atoms with E-state index in [0.29, 0.717) is 10.4 Å². The molecule has 0 aliphatic rings. The van der Waals surface area contributed by atoms with E-state index in [1.807, 2.05) is 19.1 Å². The molecule has 0 saturated carbocycles. The SMILES string of the molecule is Cc1ccccc1C(=O)NNC(=O)c1ccc(Br)s1. The van der Waals surface area contributed by atoms with E-state index in [1.165, 1.54) is 11.3 Å². The van der Waals surface area contributed by atoms with Crippen LogP contribution in [0.25, 0.3) is 0 Å². The Hall–Kier alpha value is -1.66. The van der Waals surface area contributed by atoms with Crippen molar-refractivity contribution in [3.05, 3.63) is 56.2 Å². The van der Waals surface area contributed by atoms with E-state index < -0.39 is 0 Å². The molecule has 1 heterocycles. The summed E-state index contributed by atoms with van der Waals surface area (Å²) >= 11 is 4.58. The maximum absolute atomic E-state index is 11.9. The molecule has 2 amide bonds. The zero-order valence-electron chi connectivity index (χ0n) is 10.1. The van der Waals surface area contributed by atoms with Crippen LogP contribution in [-0.2, 0) is 0 Å². The van der Waals surface area contributed by atoms with E-state index in [-0.39, 0.29) is 11.8 Å². The number of amides is 2. The summed E-state index contributed by atoms with van der Waals surface area (Å²) in [6.45, 7) is 1.84. The maximum atomic E-state index is 11.9. The van der Waals surface area contributed by atoms with Gasteiger partial charge in [0.1, 0.15) is 0 Å². The van der Waals surface area contributed by atoms with Crippen LogP contribution in [0.1, 0.15) is 25.6 Å². The summed E-state index contributed by atoms with van der Waals surface area (Å²) in [5.41, 5.74) is 6.18. The fourth-order valence-electron chi connectivity index (χ4n) is 1.51. The van der Waals surface area contributed by atoms with E-state index in [2.05, 4.69) is 26.8 Å². The fraction of sp³-hybridized carbons (Fsp3) is 0.0769. The van der Waals surface area contributed by atoms with E-state index in [9.17, 15) is 9.59 Å². The molecule has 0 radical (unpaired) electrons. The molecule has 2 N–H and O–H groups in total. The van der Waals surface area contributed by atoms with Gasteiger partial charge in [-0.25, -0.2) is 0 Å². The van der Waals surface area contributed by atoms with Crippen molar-refractivity contribution in [1.29, 1.82) is 0 Å². The van der Waals surface area contributed by atoms with Crippen molar-refractivity contribution in [1.82, 2.24) is 10.9 Å². The number of carbonyl (C=O) groups is 2. The topological polar surface area (TPSA) is 58.2 Å². The van der Waals surface area contributed by atoms with E-state index in [0.717, 1.165) is 9.35 Å². The number of hydrogen-bond acceptors (Lipinski definition) is 3. The van der Waals surface area contributed by atoms with Gasteiger partial charge in [0.25, 0.3) is 11.8 Å². The molecular weight excluding hydrogens is 328 g/mol. The van der Waals surface area contributed by atoms with Gasteiger partial charge in [0.15, 0.2) is 0 Å². The van der Waals surface area contributed by atoms with Gasteiger partial charge < -0.3 is 0 Å². The highest BCUT2D eigenvalue weighted by Gasteiger charge is 2.11. The monoisotopic (exact) mass is 338 g/mol. The molecule has 98 valence electrons. The second kappa shape index (κ2) is 5.99. The molecule has 0 spiro atoms. The van der Waals surface area contributed by atoms with Crippen molar-refractivity contribution in [2.24, 2.45) is 0 Å². The first-order valence-electron chi connectivity index (χ1n) is 5.49. The van der Waals surface area contributed by atoms with Gasteiger partial charge in [-0.1, -0.05) is 18.2 Å². The van der Waals surface area contributed by atoms with E-state index in [4.69, 9.17) is 0 Å². The molecule has 0 fully saturated rings. The fourth-order valence-corrected chi connectivity index (χ4v) is 2.79.